The van der Waals surface area contributed by atoms with E-state index in [1.54, 1.807) is 42.1 Å². The summed E-state index contributed by atoms with van der Waals surface area (Å²) in [6, 6.07) is 8.70. The lowest BCUT2D eigenvalue weighted by molar-refractivity contribution is 0.100. The number of Topliss-reactive ketones (excluding diaryl/α,β-unsaturated/α-hetero) is 1. The van der Waals surface area contributed by atoms with Crippen molar-refractivity contribution in [3.05, 3.63) is 47.3 Å². The van der Waals surface area contributed by atoms with E-state index in [2.05, 4.69) is 17.3 Å². The van der Waals surface area contributed by atoms with Gasteiger partial charge < -0.3 is 5.32 Å². The fraction of sp³-hybridized carbons (Fsp3) is 0.312. The largest absolute Gasteiger partial charge is 0.321 e. The average molecular weight is 285 g/mol. The van der Waals surface area contributed by atoms with Gasteiger partial charge in [0.25, 0.3) is 5.91 Å². The summed E-state index contributed by atoms with van der Waals surface area (Å²) in [4.78, 5) is 23.6. The number of amides is 1. The zero-order valence-corrected chi connectivity index (χ0v) is 12.5. The van der Waals surface area contributed by atoms with Crippen LogP contribution in [0.2, 0.25) is 0 Å². The highest BCUT2D eigenvalue weighted by molar-refractivity contribution is 6.04. The van der Waals surface area contributed by atoms with Crippen molar-refractivity contribution in [2.45, 2.75) is 26.7 Å². The van der Waals surface area contributed by atoms with E-state index in [0.29, 0.717) is 16.9 Å². The number of carbonyl (C=O) groups excluding carboxylic acids is 2. The molecule has 1 N–H and O–H groups in total. The van der Waals surface area contributed by atoms with Crippen LogP contribution < -0.4 is 5.32 Å². The minimum Gasteiger partial charge on any atom is -0.321 e. The Balaban J connectivity index is 2.18. The molecule has 0 saturated carbocycles. The Bertz CT molecular complexity index is 674. The molecule has 2 aromatic rings. The van der Waals surface area contributed by atoms with Crippen LogP contribution in [-0.4, -0.2) is 21.5 Å². The number of hydrogen-bond acceptors (Lipinski definition) is 3. The zero-order chi connectivity index (χ0) is 15.4. The third kappa shape index (κ3) is 3.56. The molecule has 110 valence electrons. The molecular formula is C16H19N3O2. The highest BCUT2D eigenvalue weighted by Gasteiger charge is 2.13. The summed E-state index contributed by atoms with van der Waals surface area (Å²) in [6.07, 6.45) is 1.83. The van der Waals surface area contributed by atoms with Gasteiger partial charge in [-0.05, 0) is 31.5 Å². The van der Waals surface area contributed by atoms with Crippen LogP contribution in [-0.2, 0) is 13.5 Å². The first-order valence-corrected chi connectivity index (χ1v) is 6.96. The molecule has 1 amide bonds. The lowest BCUT2D eigenvalue weighted by Gasteiger charge is -2.06. The molecule has 0 aliphatic heterocycles. The van der Waals surface area contributed by atoms with Crippen molar-refractivity contribution in [3.63, 3.8) is 0 Å². The van der Waals surface area contributed by atoms with E-state index in [1.165, 1.54) is 6.92 Å². The lowest BCUT2D eigenvalue weighted by atomic mass is 10.1. The van der Waals surface area contributed by atoms with Gasteiger partial charge in [-0.3, -0.25) is 14.3 Å². The van der Waals surface area contributed by atoms with Gasteiger partial charge in [-0.1, -0.05) is 25.5 Å². The predicted octanol–water partition coefficient (Wildman–Crippen LogP) is 2.83. The highest BCUT2D eigenvalue weighted by Crippen LogP contribution is 2.13. The van der Waals surface area contributed by atoms with E-state index in [4.69, 9.17) is 0 Å². The first-order valence-electron chi connectivity index (χ1n) is 6.96. The van der Waals surface area contributed by atoms with E-state index < -0.39 is 0 Å². The second-order valence-corrected chi connectivity index (χ2v) is 4.99. The Morgan fingerprint density at radius 2 is 2.05 bits per heavy atom. The van der Waals surface area contributed by atoms with Gasteiger partial charge in [0.05, 0.1) is 5.69 Å². The van der Waals surface area contributed by atoms with Crippen molar-refractivity contribution in [1.29, 1.82) is 0 Å². The van der Waals surface area contributed by atoms with Crippen LogP contribution in [0.25, 0.3) is 0 Å². The summed E-state index contributed by atoms with van der Waals surface area (Å²) >= 11 is 0. The minimum absolute atomic E-state index is 0.0307. The smallest absolute Gasteiger partial charge is 0.273 e. The van der Waals surface area contributed by atoms with Crippen LogP contribution >= 0.6 is 0 Å². The molecule has 0 unspecified atom stereocenters. The van der Waals surface area contributed by atoms with Gasteiger partial charge in [0.2, 0.25) is 0 Å². The number of nitrogens with zero attached hydrogens (tertiary/aromatic N) is 2. The average Bonchev–Trinajstić information content (AvgIpc) is 2.80. The SMILES string of the molecule is CCCc1cc(C(=O)Nc2cccc(C(C)=O)c2)n(C)n1. The van der Waals surface area contributed by atoms with E-state index in [-0.39, 0.29) is 11.7 Å². The molecule has 5 heteroatoms. The number of nitrogens with one attached hydrogen (secondary N) is 1. The van der Waals surface area contributed by atoms with Gasteiger partial charge in [0, 0.05) is 18.3 Å². The summed E-state index contributed by atoms with van der Waals surface area (Å²) in [5, 5.41) is 7.11. The first-order chi connectivity index (χ1) is 10.0. The van der Waals surface area contributed by atoms with E-state index >= 15 is 0 Å². The first kappa shape index (κ1) is 15.0. The van der Waals surface area contributed by atoms with Crippen molar-refractivity contribution >= 4 is 17.4 Å². The molecule has 5 nitrogen and oxygen atoms in total. The van der Waals surface area contributed by atoms with Gasteiger partial charge >= 0.3 is 0 Å². The summed E-state index contributed by atoms with van der Waals surface area (Å²) < 4.78 is 1.58. The van der Waals surface area contributed by atoms with Crippen molar-refractivity contribution in [3.8, 4) is 0 Å². The summed E-state index contributed by atoms with van der Waals surface area (Å²) in [7, 11) is 1.75. The molecule has 0 aliphatic rings. The third-order valence-electron chi connectivity index (χ3n) is 3.20. The van der Waals surface area contributed by atoms with Gasteiger partial charge in [-0.25, -0.2) is 0 Å². The van der Waals surface area contributed by atoms with Crippen LogP contribution in [0.1, 0.15) is 46.8 Å². The molecule has 21 heavy (non-hydrogen) atoms. The Morgan fingerprint density at radius 1 is 1.29 bits per heavy atom. The fourth-order valence-corrected chi connectivity index (χ4v) is 2.13. The molecule has 1 aromatic heterocycles. The molecule has 0 radical (unpaired) electrons. The van der Waals surface area contributed by atoms with Crippen molar-refractivity contribution in [2.24, 2.45) is 7.05 Å². The van der Waals surface area contributed by atoms with Gasteiger partial charge in [-0.2, -0.15) is 5.10 Å². The Labute approximate surface area is 124 Å². The molecule has 2 rings (SSSR count). The topological polar surface area (TPSA) is 64.0 Å². The number of anilines is 1. The van der Waals surface area contributed by atoms with Gasteiger partial charge in [0.15, 0.2) is 5.78 Å². The third-order valence-corrected chi connectivity index (χ3v) is 3.20. The molecule has 0 spiro atoms. The summed E-state index contributed by atoms with van der Waals surface area (Å²) in [5.41, 5.74) is 2.59. The number of carbonyl (C=O) groups is 2. The number of aromatic nitrogens is 2. The van der Waals surface area contributed by atoms with Crippen LogP contribution in [0, 0.1) is 0 Å². The molecule has 0 atom stereocenters. The number of benzene rings is 1. The molecular weight excluding hydrogens is 266 g/mol. The number of rotatable bonds is 5. The number of hydrogen-bond donors (Lipinski definition) is 1. The van der Waals surface area contributed by atoms with Gasteiger partial charge in [-0.15, -0.1) is 0 Å². The normalized spacial score (nSPS) is 10.4. The maximum Gasteiger partial charge on any atom is 0.273 e. The highest BCUT2D eigenvalue weighted by atomic mass is 16.2. The van der Waals surface area contributed by atoms with Crippen molar-refractivity contribution in [1.82, 2.24) is 9.78 Å². The summed E-state index contributed by atoms with van der Waals surface area (Å²) in [6.45, 7) is 3.57. The van der Waals surface area contributed by atoms with E-state index in [9.17, 15) is 9.59 Å². The lowest BCUT2D eigenvalue weighted by Crippen LogP contribution is -2.16. The Hall–Kier alpha value is -2.43. The van der Waals surface area contributed by atoms with Crippen LogP contribution in [0.15, 0.2) is 30.3 Å². The van der Waals surface area contributed by atoms with Crippen LogP contribution in [0.4, 0.5) is 5.69 Å². The van der Waals surface area contributed by atoms with Crippen molar-refractivity contribution < 1.29 is 9.59 Å². The maximum absolute atomic E-state index is 12.3. The quantitative estimate of drug-likeness (QED) is 0.859. The second-order valence-electron chi connectivity index (χ2n) is 4.99. The molecule has 0 bridgehead atoms. The second kappa shape index (κ2) is 6.35. The summed E-state index contributed by atoms with van der Waals surface area (Å²) in [5.74, 6) is -0.259. The van der Waals surface area contributed by atoms with E-state index in [0.717, 1.165) is 18.5 Å². The molecule has 0 fully saturated rings. The number of aryl methyl sites for hydroxylation is 2. The van der Waals surface area contributed by atoms with Crippen molar-refractivity contribution in [2.75, 3.05) is 5.32 Å². The van der Waals surface area contributed by atoms with E-state index in [1.807, 2.05) is 0 Å². The zero-order valence-electron chi connectivity index (χ0n) is 12.5. The molecule has 0 aliphatic carbocycles. The standard InChI is InChI=1S/C16H19N3O2/c1-4-6-14-10-15(19(3)18-14)16(21)17-13-8-5-7-12(9-13)11(2)20/h5,7-10H,4,6H2,1-3H3,(H,17,21). The van der Waals surface area contributed by atoms with Gasteiger partial charge in [0.1, 0.15) is 5.69 Å². The minimum atomic E-state index is -0.229. The number of ketones is 1. The van der Waals surface area contributed by atoms with Crippen LogP contribution in [0.3, 0.4) is 0 Å². The molecule has 1 heterocycles. The monoisotopic (exact) mass is 285 g/mol. The molecule has 0 saturated heterocycles. The maximum atomic E-state index is 12.3. The Morgan fingerprint density at radius 3 is 2.71 bits per heavy atom. The predicted molar refractivity (Wildman–Crippen MR) is 81.6 cm³/mol. The Kier molecular flexibility index (Phi) is 4.52. The fourth-order valence-electron chi connectivity index (χ4n) is 2.13. The van der Waals surface area contributed by atoms with Crippen LogP contribution in [0.5, 0.6) is 0 Å². The molecule has 1 aromatic carbocycles.